The summed E-state index contributed by atoms with van der Waals surface area (Å²) in [6.45, 7) is 1.79. The Kier molecular flexibility index (Phi) is 4.87. The lowest BCUT2D eigenvalue weighted by Crippen LogP contribution is -2.29. The van der Waals surface area contributed by atoms with Gasteiger partial charge in [-0.2, -0.15) is 0 Å². The normalized spacial score (nSPS) is 15.3. The van der Waals surface area contributed by atoms with Gasteiger partial charge in [-0.25, -0.2) is 0 Å². The van der Waals surface area contributed by atoms with Gasteiger partial charge in [0, 0.05) is 5.02 Å². The van der Waals surface area contributed by atoms with E-state index in [2.05, 4.69) is 10.2 Å². The van der Waals surface area contributed by atoms with E-state index in [9.17, 15) is 9.59 Å². The number of aromatic nitrogens is 2. The molecule has 0 fully saturated rings. The van der Waals surface area contributed by atoms with E-state index in [0.29, 0.717) is 37.6 Å². The van der Waals surface area contributed by atoms with Gasteiger partial charge in [0.1, 0.15) is 10.6 Å². The lowest BCUT2D eigenvalue weighted by Gasteiger charge is -2.23. The monoisotopic (exact) mass is 469 g/mol. The number of hydrogen-bond acceptors (Lipinski definition) is 8. The lowest BCUT2D eigenvalue weighted by atomic mass is 9.98. The highest BCUT2D eigenvalue weighted by Crippen LogP contribution is 2.44. The Morgan fingerprint density at radius 3 is 2.53 bits per heavy atom. The Morgan fingerprint density at radius 1 is 1.06 bits per heavy atom. The number of benzene rings is 2. The van der Waals surface area contributed by atoms with Crippen molar-refractivity contribution in [1.82, 2.24) is 10.2 Å². The predicted molar refractivity (Wildman–Crippen MR) is 120 cm³/mol. The van der Waals surface area contributed by atoms with Crippen LogP contribution in [0.2, 0.25) is 5.02 Å². The third kappa shape index (κ3) is 3.04. The Bertz CT molecular complexity index is 1450. The summed E-state index contributed by atoms with van der Waals surface area (Å²) >= 11 is 7.37. The van der Waals surface area contributed by atoms with Gasteiger partial charge >= 0.3 is 0 Å². The van der Waals surface area contributed by atoms with Crippen LogP contribution in [-0.4, -0.2) is 30.3 Å². The number of hydrogen-bond donors (Lipinski definition) is 0. The van der Waals surface area contributed by atoms with E-state index >= 15 is 0 Å². The molecule has 5 rings (SSSR count). The average Bonchev–Trinajstić information content (AvgIpc) is 3.34. The maximum atomic E-state index is 13.6. The average molecular weight is 470 g/mol. The van der Waals surface area contributed by atoms with Crippen molar-refractivity contribution in [3.8, 4) is 11.5 Å². The smallest absolute Gasteiger partial charge is 0.297 e. The van der Waals surface area contributed by atoms with Gasteiger partial charge in [0.25, 0.3) is 5.91 Å². The Morgan fingerprint density at radius 2 is 1.84 bits per heavy atom. The summed E-state index contributed by atoms with van der Waals surface area (Å²) in [5, 5.41) is 9.93. The molecule has 4 aromatic rings. The van der Waals surface area contributed by atoms with Gasteiger partial charge in [-0.15, -0.1) is 10.2 Å². The third-order valence-electron chi connectivity index (χ3n) is 5.28. The summed E-state index contributed by atoms with van der Waals surface area (Å²) in [4.78, 5) is 28.5. The molecule has 0 saturated heterocycles. The quantitative estimate of drug-likeness (QED) is 0.438. The maximum absolute atomic E-state index is 13.6. The molecule has 1 aliphatic heterocycles. The molecule has 0 aliphatic carbocycles. The van der Waals surface area contributed by atoms with Crippen molar-refractivity contribution in [3.05, 3.63) is 73.5 Å². The Labute approximate surface area is 191 Å². The molecular weight excluding hydrogens is 454 g/mol. The minimum atomic E-state index is -0.788. The first-order chi connectivity index (χ1) is 15.4. The Balaban J connectivity index is 1.81. The van der Waals surface area contributed by atoms with Gasteiger partial charge in [0.2, 0.25) is 10.9 Å². The summed E-state index contributed by atoms with van der Waals surface area (Å²) in [6, 6.07) is 9.16. The van der Waals surface area contributed by atoms with Crippen LogP contribution in [0.1, 0.15) is 32.7 Å². The predicted octanol–water partition coefficient (Wildman–Crippen LogP) is 4.37. The number of carbonyl (C=O) groups excluding carboxylic acids is 1. The van der Waals surface area contributed by atoms with Crippen LogP contribution in [0.4, 0.5) is 5.13 Å². The SMILES string of the molecule is COc1ccc([C@@H]2c3c(oc4ccc(Cl)cc4c3=O)C(=O)N2c2nnc(C)s2)cc1OC. The van der Waals surface area contributed by atoms with Gasteiger partial charge in [0.05, 0.1) is 31.2 Å². The molecule has 2 aromatic heterocycles. The van der Waals surface area contributed by atoms with Crippen LogP contribution >= 0.6 is 22.9 Å². The van der Waals surface area contributed by atoms with E-state index in [1.807, 2.05) is 0 Å². The fourth-order valence-electron chi connectivity index (χ4n) is 3.86. The number of carbonyl (C=O) groups is 1. The van der Waals surface area contributed by atoms with Gasteiger partial charge in [-0.1, -0.05) is 29.0 Å². The molecule has 1 atom stereocenters. The van der Waals surface area contributed by atoms with E-state index < -0.39 is 11.9 Å². The molecular formula is C22H16ClN3O5S. The summed E-state index contributed by atoms with van der Waals surface area (Å²) in [6.07, 6.45) is 0. The highest BCUT2D eigenvalue weighted by atomic mass is 35.5. The van der Waals surface area contributed by atoms with Gasteiger partial charge in [0.15, 0.2) is 16.9 Å². The fourth-order valence-corrected chi connectivity index (χ4v) is 4.75. The van der Waals surface area contributed by atoms with Gasteiger partial charge < -0.3 is 13.9 Å². The molecule has 2 aromatic carbocycles. The molecule has 0 radical (unpaired) electrons. The van der Waals surface area contributed by atoms with Crippen LogP contribution in [0, 0.1) is 6.92 Å². The molecule has 10 heteroatoms. The molecule has 8 nitrogen and oxygen atoms in total. The van der Waals surface area contributed by atoms with E-state index in [4.69, 9.17) is 25.5 Å². The summed E-state index contributed by atoms with van der Waals surface area (Å²) in [7, 11) is 3.05. The molecule has 0 saturated carbocycles. The largest absolute Gasteiger partial charge is 0.493 e. The molecule has 1 aliphatic rings. The van der Waals surface area contributed by atoms with Crippen molar-refractivity contribution in [2.24, 2.45) is 0 Å². The van der Waals surface area contributed by atoms with Gasteiger partial charge in [-0.3, -0.25) is 14.5 Å². The first-order valence-electron chi connectivity index (χ1n) is 9.54. The fraction of sp³-hybridized carbons (Fsp3) is 0.182. The number of rotatable bonds is 4. The molecule has 0 spiro atoms. The number of aryl methyl sites for hydroxylation is 1. The number of amides is 1. The molecule has 0 bridgehead atoms. The number of anilines is 1. The molecule has 0 N–H and O–H groups in total. The summed E-state index contributed by atoms with van der Waals surface area (Å²) in [5.74, 6) is 0.492. The van der Waals surface area contributed by atoms with Crippen molar-refractivity contribution in [3.63, 3.8) is 0 Å². The van der Waals surface area contributed by atoms with E-state index in [1.54, 1.807) is 37.3 Å². The van der Waals surface area contributed by atoms with Crippen LogP contribution in [-0.2, 0) is 0 Å². The van der Waals surface area contributed by atoms with Crippen LogP contribution in [0.25, 0.3) is 11.0 Å². The third-order valence-corrected chi connectivity index (χ3v) is 6.35. The highest BCUT2D eigenvalue weighted by molar-refractivity contribution is 7.15. The second kappa shape index (κ2) is 7.61. The van der Waals surface area contributed by atoms with Crippen LogP contribution in [0.3, 0.4) is 0 Å². The minimum Gasteiger partial charge on any atom is -0.493 e. The zero-order chi connectivity index (χ0) is 22.6. The van der Waals surface area contributed by atoms with Crippen LogP contribution in [0.5, 0.6) is 11.5 Å². The molecule has 1 amide bonds. The van der Waals surface area contributed by atoms with Crippen molar-refractivity contribution in [2.45, 2.75) is 13.0 Å². The van der Waals surface area contributed by atoms with E-state index in [-0.39, 0.29) is 22.3 Å². The van der Waals surface area contributed by atoms with Crippen LogP contribution < -0.4 is 19.8 Å². The molecule has 3 heterocycles. The highest BCUT2D eigenvalue weighted by Gasteiger charge is 2.45. The summed E-state index contributed by atoms with van der Waals surface area (Å²) < 4.78 is 16.7. The first-order valence-corrected chi connectivity index (χ1v) is 10.7. The number of nitrogens with zero attached hydrogens (tertiary/aromatic N) is 3. The number of ether oxygens (including phenoxy) is 2. The van der Waals surface area contributed by atoms with Gasteiger partial charge in [-0.05, 0) is 42.8 Å². The van der Waals surface area contributed by atoms with Crippen molar-refractivity contribution < 1.29 is 18.7 Å². The zero-order valence-corrected chi connectivity index (χ0v) is 18.8. The van der Waals surface area contributed by atoms with E-state index in [1.165, 1.54) is 36.5 Å². The zero-order valence-electron chi connectivity index (χ0n) is 17.2. The lowest BCUT2D eigenvalue weighted by molar-refractivity contribution is 0.0970. The summed E-state index contributed by atoms with van der Waals surface area (Å²) in [5.41, 5.74) is 0.801. The second-order valence-corrected chi connectivity index (χ2v) is 8.71. The number of fused-ring (bicyclic) bond motifs is 2. The first kappa shape index (κ1) is 20.5. The van der Waals surface area contributed by atoms with Crippen LogP contribution in [0.15, 0.2) is 45.6 Å². The van der Waals surface area contributed by atoms with Crippen molar-refractivity contribution in [2.75, 3.05) is 19.1 Å². The number of halogens is 1. The minimum absolute atomic E-state index is 0.0301. The molecule has 162 valence electrons. The van der Waals surface area contributed by atoms with Crippen molar-refractivity contribution >= 4 is 44.9 Å². The molecule has 0 unspecified atom stereocenters. The standard InChI is InChI=1S/C22H16ClN3O5S/c1-10-24-25-22(32-10)26-18(11-4-6-15(29-2)16(8-11)30-3)17-19(27)13-9-12(23)5-7-14(13)31-20(17)21(26)28/h4-9,18H,1-3H3/t18-/m1/s1. The Hall–Kier alpha value is -3.43. The van der Waals surface area contributed by atoms with Crippen molar-refractivity contribution in [1.29, 1.82) is 0 Å². The molecule has 32 heavy (non-hydrogen) atoms. The second-order valence-electron chi connectivity index (χ2n) is 7.11. The topological polar surface area (TPSA) is 94.8 Å². The number of methoxy groups -OCH3 is 2. The van der Waals surface area contributed by atoms with E-state index in [0.717, 1.165) is 0 Å². The maximum Gasteiger partial charge on any atom is 0.297 e.